The summed E-state index contributed by atoms with van der Waals surface area (Å²) in [6.07, 6.45) is -2.96. The minimum atomic E-state index is -4.84. The van der Waals surface area contributed by atoms with Gasteiger partial charge in [0, 0.05) is 32.1 Å². The second kappa shape index (κ2) is 13.4. The number of alkyl halides is 3. The Labute approximate surface area is 256 Å². The van der Waals surface area contributed by atoms with Crippen LogP contribution in [0.15, 0.2) is 71.6 Å². The summed E-state index contributed by atoms with van der Waals surface area (Å²) in [6.45, 7) is 3.88. The number of halogens is 3. The van der Waals surface area contributed by atoms with Crippen LogP contribution in [0.3, 0.4) is 0 Å². The molecule has 0 saturated carbocycles. The van der Waals surface area contributed by atoms with E-state index < -0.39 is 38.7 Å². The Kier molecular flexibility index (Phi) is 10.2. The minimum Gasteiger partial charge on any atom is -0.481 e. The number of hydrogen-bond donors (Lipinski definition) is 3. The summed E-state index contributed by atoms with van der Waals surface area (Å²) in [4.78, 5) is 10.3. The second-order valence-electron chi connectivity index (χ2n) is 12.2. The number of nitrogens with one attached hydrogen (secondary N) is 1. The number of carboxylic acids is 1. The summed E-state index contributed by atoms with van der Waals surface area (Å²) in [5.41, 5.74) is 1.96. The van der Waals surface area contributed by atoms with E-state index in [4.69, 9.17) is 5.11 Å². The summed E-state index contributed by atoms with van der Waals surface area (Å²) >= 11 is 0. The first kappa shape index (κ1) is 33.6. The fourth-order valence-electron chi connectivity index (χ4n) is 5.89. The lowest BCUT2D eigenvalue weighted by Crippen LogP contribution is -2.47. The van der Waals surface area contributed by atoms with Gasteiger partial charge in [-0.1, -0.05) is 54.6 Å². The monoisotopic (exact) mass is 632 g/mol. The van der Waals surface area contributed by atoms with E-state index in [9.17, 15) is 31.5 Å². The van der Waals surface area contributed by atoms with Crippen molar-refractivity contribution in [2.45, 2.75) is 68.7 Å². The fraction of sp³-hybridized carbons (Fsp3) is 0.424. The number of aliphatic hydroxyl groups is 1. The van der Waals surface area contributed by atoms with Crippen molar-refractivity contribution < 1.29 is 36.6 Å². The van der Waals surface area contributed by atoms with Gasteiger partial charge in [0.15, 0.2) is 0 Å². The third kappa shape index (κ3) is 8.47. The van der Waals surface area contributed by atoms with E-state index in [2.05, 4.69) is 17.4 Å². The SMILES string of the molecule is CN(CC(O)CNC(C)(C)CC1Cc2ccccc2C1)S(=O)(=O)c1ccc(-c2ccc(CCC(=O)O)cc2)c(C(F)(F)F)c1. The number of nitrogens with zero attached hydrogens (tertiary/aromatic N) is 1. The molecule has 44 heavy (non-hydrogen) atoms. The Morgan fingerprint density at radius 1 is 1.02 bits per heavy atom. The molecule has 0 amide bonds. The van der Waals surface area contributed by atoms with E-state index >= 15 is 0 Å². The van der Waals surface area contributed by atoms with E-state index in [1.54, 1.807) is 12.1 Å². The lowest BCUT2D eigenvalue weighted by molar-refractivity contribution is -0.138. The third-order valence-electron chi connectivity index (χ3n) is 8.12. The van der Waals surface area contributed by atoms with Gasteiger partial charge in [0.2, 0.25) is 10.0 Å². The Morgan fingerprint density at radius 2 is 1.64 bits per heavy atom. The van der Waals surface area contributed by atoms with Crippen LogP contribution in [0.1, 0.15) is 48.9 Å². The molecule has 0 spiro atoms. The van der Waals surface area contributed by atoms with Crippen molar-refractivity contribution in [3.63, 3.8) is 0 Å². The summed E-state index contributed by atoms with van der Waals surface area (Å²) in [6, 6.07) is 17.3. The Balaban J connectivity index is 1.40. The van der Waals surface area contributed by atoms with Crippen LogP contribution in [0.25, 0.3) is 11.1 Å². The fourth-order valence-corrected chi connectivity index (χ4v) is 7.13. The second-order valence-corrected chi connectivity index (χ2v) is 14.3. The molecule has 0 aliphatic heterocycles. The number of hydrogen-bond acceptors (Lipinski definition) is 5. The number of rotatable bonds is 13. The molecule has 0 saturated heterocycles. The van der Waals surface area contributed by atoms with Gasteiger partial charge in [-0.05, 0) is 85.4 Å². The van der Waals surface area contributed by atoms with Gasteiger partial charge in [0.05, 0.1) is 16.6 Å². The van der Waals surface area contributed by atoms with Crippen molar-refractivity contribution in [1.82, 2.24) is 9.62 Å². The largest absolute Gasteiger partial charge is 0.481 e. The van der Waals surface area contributed by atoms with Gasteiger partial charge in [0.25, 0.3) is 0 Å². The molecule has 7 nitrogen and oxygen atoms in total. The highest BCUT2D eigenvalue weighted by Crippen LogP contribution is 2.39. The topological polar surface area (TPSA) is 107 Å². The molecule has 0 fully saturated rings. The van der Waals surface area contributed by atoms with Crippen LogP contribution in [-0.2, 0) is 40.3 Å². The van der Waals surface area contributed by atoms with Gasteiger partial charge in [0.1, 0.15) is 0 Å². The number of benzene rings is 3. The van der Waals surface area contributed by atoms with E-state index in [0.29, 0.717) is 17.5 Å². The molecular weight excluding hydrogens is 593 g/mol. The third-order valence-corrected chi connectivity index (χ3v) is 9.94. The van der Waals surface area contributed by atoms with Crippen molar-refractivity contribution in [3.8, 4) is 11.1 Å². The number of fused-ring (bicyclic) bond motifs is 1. The normalized spacial score (nSPS) is 15.0. The molecule has 238 valence electrons. The predicted octanol–water partition coefficient (Wildman–Crippen LogP) is 5.54. The molecule has 1 aliphatic rings. The molecule has 3 N–H and O–H groups in total. The van der Waals surface area contributed by atoms with Gasteiger partial charge >= 0.3 is 12.1 Å². The number of sulfonamides is 1. The summed E-state index contributed by atoms with van der Waals surface area (Å²) in [5.74, 6) is -0.524. The molecule has 1 aliphatic carbocycles. The molecule has 3 aromatic carbocycles. The van der Waals surface area contributed by atoms with E-state index in [-0.39, 0.29) is 42.6 Å². The Hall–Kier alpha value is -3.25. The highest BCUT2D eigenvalue weighted by Gasteiger charge is 2.36. The number of likely N-dealkylation sites (N-methyl/N-ethyl adjacent to an activating group) is 1. The molecule has 0 heterocycles. The number of aliphatic hydroxyl groups excluding tert-OH is 1. The summed E-state index contributed by atoms with van der Waals surface area (Å²) in [5, 5.41) is 22.9. The number of β-amino-alcohol motifs (C(OH)–C–C–N with tert-alkyl or cyclic N) is 1. The summed E-state index contributed by atoms with van der Waals surface area (Å²) < 4.78 is 69.8. The highest BCUT2D eigenvalue weighted by molar-refractivity contribution is 7.89. The maximum atomic E-state index is 14.1. The average molecular weight is 633 g/mol. The van der Waals surface area contributed by atoms with E-state index in [0.717, 1.165) is 35.7 Å². The first-order valence-electron chi connectivity index (χ1n) is 14.5. The van der Waals surface area contributed by atoms with Crippen LogP contribution in [0.4, 0.5) is 13.2 Å². The molecule has 0 radical (unpaired) electrons. The smallest absolute Gasteiger partial charge is 0.417 e. The van der Waals surface area contributed by atoms with Crippen molar-refractivity contribution in [3.05, 3.63) is 89.0 Å². The van der Waals surface area contributed by atoms with Crippen LogP contribution in [-0.4, -0.2) is 60.7 Å². The van der Waals surface area contributed by atoms with E-state index in [1.165, 1.54) is 30.3 Å². The van der Waals surface area contributed by atoms with Crippen LogP contribution >= 0.6 is 0 Å². The first-order valence-corrected chi connectivity index (χ1v) is 16.0. The number of aliphatic carboxylic acids is 1. The van der Waals surface area contributed by atoms with Crippen molar-refractivity contribution in [1.29, 1.82) is 0 Å². The molecule has 11 heteroatoms. The van der Waals surface area contributed by atoms with Crippen LogP contribution in [0.2, 0.25) is 0 Å². The van der Waals surface area contributed by atoms with Gasteiger partial charge in [-0.25, -0.2) is 8.42 Å². The van der Waals surface area contributed by atoms with Crippen molar-refractivity contribution >= 4 is 16.0 Å². The Morgan fingerprint density at radius 3 is 2.20 bits per heavy atom. The molecule has 0 bridgehead atoms. The lowest BCUT2D eigenvalue weighted by atomic mass is 9.88. The lowest BCUT2D eigenvalue weighted by Gasteiger charge is -2.31. The van der Waals surface area contributed by atoms with Gasteiger partial charge < -0.3 is 15.5 Å². The van der Waals surface area contributed by atoms with Crippen LogP contribution in [0, 0.1) is 5.92 Å². The number of carboxylic acid groups (broad SMARTS) is 1. The van der Waals surface area contributed by atoms with Gasteiger partial charge in [-0.15, -0.1) is 0 Å². The zero-order valence-electron chi connectivity index (χ0n) is 25.1. The predicted molar refractivity (Wildman–Crippen MR) is 163 cm³/mol. The maximum absolute atomic E-state index is 14.1. The minimum absolute atomic E-state index is 0.106. The number of aryl methyl sites for hydroxylation is 1. The van der Waals surface area contributed by atoms with Gasteiger partial charge in [-0.3, -0.25) is 4.79 Å². The standard InChI is InChI=1S/C33H39F3N2O5S/c1-32(2,19-23-16-25-6-4-5-7-26(25)17-23)37-20-27(39)21-38(3)44(42,43)28-13-14-29(30(18-28)33(34,35)36)24-11-8-22(9-12-24)10-15-31(40)41/h4-9,11-14,18,23,27,37,39H,10,15-17,19-21H2,1-3H3,(H,40,41). The van der Waals surface area contributed by atoms with Gasteiger partial charge in [-0.2, -0.15) is 17.5 Å². The van der Waals surface area contributed by atoms with Crippen molar-refractivity contribution in [2.75, 3.05) is 20.1 Å². The molecule has 1 atom stereocenters. The maximum Gasteiger partial charge on any atom is 0.417 e. The van der Waals surface area contributed by atoms with Crippen LogP contribution < -0.4 is 5.32 Å². The highest BCUT2D eigenvalue weighted by atomic mass is 32.2. The number of carbonyl (C=O) groups is 1. The molecule has 0 aromatic heterocycles. The Bertz CT molecular complexity index is 1550. The van der Waals surface area contributed by atoms with E-state index in [1.807, 2.05) is 26.0 Å². The zero-order chi connectivity index (χ0) is 32.3. The molecule has 3 aromatic rings. The first-order chi connectivity index (χ1) is 20.5. The van der Waals surface area contributed by atoms with Crippen molar-refractivity contribution in [2.24, 2.45) is 5.92 Å². The average Bonchev–Trinajstić information content (AvgIpc) is 3.36. The quantitative estimate of drug-likeness (QED) is 0.228. The molecule has 1 unspecified atom stereocenters. The van der Waals surface area contributed by atoms with Crippen LogP contribution in [0.5, 0.6) is 0 Å². The summed E-state index contributed by atoms with van der Waals surface area (Å²) in [7, 11) is -3.12. The molecule has 4 rings (SSSR count). The molecular formula is C33H39F3N2O5S. The zero-order valence-corrected chi connectivity index (χ0v) is 25.9.